The topological polar surface area (TPSA) is 41.6 Å². The second-order valence-electron chi connectivity index (χ2n) is 5.53. The number of fused-ring (bicyclic) bond motifs is 1. The van der Waals surface area contributed by atoms with Gasteiger partial charge < -0.3 is 4.98 Å². The quantitative estimate of drug-likeness (QED) is 0.687. The van der Waals surface area contributed by atoms with E-state index in [1.54, 1.807) is 18.2 Å². The first-order valence-corrected chi connectivity index (χ1v) is 8.18. The fourth-order valence-electron chi connectivity index (χ4n) is 2.75. The van der Waals surface area contributed by atoms with Gasteiger partial charge in [0.05, 0.1) is 11.4 Å². The maximum Gasteiger partial charge on any atom is 0.213 e. The number of rotatable bonds is 3. The summed E-state index contributed by atoms with van der Waals surface area (Å²) in [5, 5.41) is 0.740. The summed E-state index contributed by atoms with van der Waals surface area (Å²) in [5.74, 6) is -0.606. The third-order valence-electron chi connectivity index (χ3n) is 4.07. The molecule has 1 saturated carbocycles. The Morgan fingerprint density at radius 3 is 3.05 bits per heavy atom. The molecular weight excluding hydrogens is 304 g/mol. The number of H-pyrrole nitrogens is 1. The summed E-state index contributed by atoms with van der Waals surface area (Å²) in [6.45, 7) is 0. The van der Waals surface area contributed by atoms with E-state index in [0.717, 1.165) is 16.4 Å². The number of allylic oxidation sites excluding steroid dienone is 4. The monoisotopic (exact) mass is 317 g/mol. The molecule has 3 nitrogen and oxygen atoms in total. The Morgan fingerprint density at radius 1 is 1.45 bits per heavy atom. The molecule has 2 aromatic rings. The van der Waals surface area contributed by atoms with E-state index in [-0.39, 0.29) is 5.92 Å². The summed E-state index contributed by atoms with van der Waals surface area (Å²) in [5.41, 5.74) is 1.85. The fourth-order valence-corrected chi connectivity index (χ4v) is 3.14. The van der Waals surface area contributed by atoms with Gasteiger partial charge in [-0.15, -0.1) is 0 Å². The highest BCUT2D eigenvalue weighted by atomic mass is 32.2. The Labute approximate surface area is 130 Å². The number of aromatic nitrogens is 3. The van der Waals surface area contributed by atoms with Gasteiger partial charge in [0.15, 0.2) is 5.16 Å². The van der Waals surface area contributed by atoms with E-state index in [1.807, 2.05) is 12.3 Å². The molecule has 0 radical (unpaired) electrons. The first kappa shape index (κ1) is 13.7. The molecule has 0 bridgehead atoms. The molecule has 112 valence electrons. The smallest absolute Gasteiger partial charge is 0.213 e. The zero-order valence-electron chi connectivity index (χ0n) is 11.8. The van der Waals surface area contributed by atoms with Crippen LogP contribution < -0.4 is 0 Å². The number of aromatic amines is 1. The summed E-state index contributed by atoms with van der Waals surface area (Å²) in [4.78, 5) is 11.3. The number of alkyl halides is 1. The van der Waals surface area contributed by atoms with Gasteiger partial charge >= 0.3 is 0 Å². The van der Waals surface area contributed by atoms with Crippen LogP contribution in [0.4, 0.5) is 8.78 Å². The van der Waals surface area contributed by atoms with Gasteiger partial charge in [-0.05, 0) is 30.4 Å². The zero-order valence-corrected chi connectivity index (χ0v) is 12.6. The van der Waals surface area contributed by atoms with Crippen molar-refractivity contribution < 1.29 is 8.78 Å². The molecule has 22 heavy (non-hydrogen) atoms. The molecule has 0 saturated heterocycles. The molecule has 0 aromatic carbocycles. The molecule has 1 N–H and O–H groups in total. The van der Waals surface area contributed by atoms with Crippen molar-refractivity contribution in [3.63, 3.8) is 0 Å². The van der Waals surface area contributed by atoms with Crippen LogP contribution in [0.1, 0.15) is 12.1 Å². The maximum atomic E-state index is 14.0. The van der Waals surface area contributed by atoms with Crippen molar-refractivity contribution in [3.05, 3.63) is 48.2 Å². The molecule has 0 aliphatic heterocycles. The second kappa shape index (κ2) is 4.78. The first-order chi connectivity index (χ1) is 10.6. The average molecular weight is 317 g/mol. The zero-order chi connectivity index (χ0) is 15.3. The van der Waals surface area contributed by atoms with Crippen LogP contribution in [0.3, 0.4) is 0 Å². The predicted molar refractivity (Wildman–Crippen MR) is 82.6 cm³/mol. The van der Waals surface area contributed by atoms with E-state index >= 15 is 0 Å². The van der Waals surface area contributed by atoms with Crippen LogP contribution in [0.2, 0.25) is 0 Å². The number of imidazole rings is 1. The molecule has 2 aliphatic carbocycles. The molecule has 6 heteroatoms. The lowest BCUT2D eigenvalue weighted by Gasteiger charge is -2.09. The van der Waals surface area contributed by atoms with Crippen molar-refractivity contribution in [3.8, 4) is 11.3 Å². The number of nitrogens with zero attached hydrogens (tertiary/aromatic N) is 2. The van der Waals surface area contributed by atoms with E-state index < -0.39 is 11.6 Å². The third kappa shape index (κ3) is 2.18. The van der Waals surface area contributed by atoms with Gasteiger partial charge in [-0.2, -0.15) is 4.39 Å². The largest absolute Gasteiger partial charge is 0.332 e. The second-order valence-corrected chi connectivity index (χ2v) is 6.32. The summed E-state index contributed by atoms with van der Waals surface area (Å²) in [6.07, 6.45) is 9.19. The van der Waals surface area contributed by atoms with Gasteiger partial charge in [0, 0.05) is 23.7 Å². The normalized spacial score (nSPS) is 25.8. The standard InChI is InChI=1S/C16H13F2N3S/c1-22-15-20-13(9-2-4-16(18)8-11(16)6-9)14(21-15)10-3-5-19-12(17)7-10/h2-7,11H,8H2,1H3,(H,20,21). The molecule has 1 fully saturated rings. The molecular formula is C16H13F2N3S. The van der Waals surface area contributed by atoms with Crippen molar-refractivity contribution in [1.82, 2.24) is 15.0 Å². The van der Waals surface area contributed by atoms with Crippen molar-refractivity contribution in [1.29, 1.82) is 0 Å². The Bertz CT molecular complexity index is 811. The molecule has 2 aliphatic rings. The molecule has 2 atom stereocenters. The van der Waals surface area contributed by atoms with Crippen LogP contribution in [-0.4, -0.2) is 26.9 Å². The first-order valence-electron chi connectivity index (χ1n) is 6.95. The molecule has 0 amide bonds. The Hall–Kier alpha value is -1.95. The minimum Gasteiger partial charge on any atom is -0.332 e. The maximum absolute atomic E-state index is 14.0. The van der Waals surface area contributed by atoms with Crippen molar-refractivity contribution in [2.75, 3.05) is 6.26 Å². The van der Waals surface area contributed by atoms with Crippen molar-refractivity contribution in [2.24, 2.45) is 5.92 Å². The summed E-state index contributed by atoms with van der Waals surface area (Å²) in [7, 11) is 0. The van der Waals surface area contributed by atoms with Crippen LogP contribution >= 0.6 is 11.8 Å². The number of halogens is 2. The Kier molecular flexibility index (Phi) is 2.97. The molecule has 0 spiro atoms. The van der Waals surface area contributed by atoms with Gasteiger partial charge in [-0.1, -0.05) is 23.9 Å². The number of pyridine rings is 1. The lowest BCUT2D eigenvalue weighted by Crippen LogP contribution is -2.02. The minimum absolute atomic E-state index is 0.0597. The van der Waals surface area contributed by atoms with Gasteiger partial charge in [-0.3, -0.25) is 0 Å². The van der Waals surface area contributed by atoms with Gasteiger partial charge in [-0.25, -0.2) is 14.4 Å². The third-order valence-corrected chi connectivity index (χ3v) is 4.65. The minimum atomic E-state index is -1.16. The summed E-state index contributed by atoms with van der Waals surface area (Å²) in [6, 6.07) is 3.07. The Balaban J connectivity index is 1.81. The lowest BCUT2D eigenvalue weighted by molar-refractivity contribution is 0.362. The van der Waals surface area contributed by atoms with Crippen LogP contribution in [0.5, 0.6) is 0 Å². The summed E-state index contributed by atoms with van der Waals surface area (Å²) < 4.78 is 27.4. The molecule has 2 aromatic heterocycles. The molecule has 2 heterocycles. The molecule has 2 unspecified atom stereocenters. The van der Waals surface area contributed by atoms with E-state index in [2.05, 4.69) is 15.0 Å². The van der Waals surface area contributed by atoms with Crippen LogP contribution in [0.25, 0.3) is 16.8 Å². The van der Waals surface area contributed by atoms with E-state index in [9.17, 15) is 8.78 Å². The number of nitrogens with one attached hydrogen (secondary N) is 1. The SMILES string of the molecule is CSc1nc(-c2ccnc(F)c2)c(C2=CC3CC3(F)C=C2)[nH]1. The lowest BCUT2D eigenvalue weighted by atomic mass is 10.00. The van der Waals surface area contributed by atoms with Gasteiger partial charge in [0.1, 0.15) is 5.67 Å². The Morgan fingerprint density at radius 2 is 2.32 bits per heavy atom. The van der Waals surface area contributed by atoms with E-state index in [1.165, 1.54) is 24.0 Å². The highest BCUT2D eigenvalue weighted by molar-refractivity contribution is 7.98. The van der Waals surface area contributed by atoms with Crippen molar-refractivity contribution >= 4 is 17.3 Å². The summed E-state index contributed by atoms with van der Waals surface area (Å²) >= 11 is 1.48. The number of hydrogen-bond donors (Lipinski definition) is 1. The van der Waals surface area contributed by atoms with Crippen molar-refractivity contribution in [2.45, 2.75) is 17.2 Å². The fraction of sp³-hybridized carbons (Fsp3) is 0.250. The predicted octanol–water partition coefficient (Wildman–Crippen LogP) is 4.01. The highest BCUT2D eigenvalue weighted by Gasteiger charge is 2.53. The van der Waals surface area contributed by atoms with Crippen LogP contribution in [0, 0.1) is 11.9 Å². The number of hydrogen-bond acceptors (Lipinski definition) is 3. The van der Waals surface area contributed by atoms with E-state index in [4.69, 9.17) is 0 Å². The molecule has 4 rings (SSSR count). The van der Waals surface area contributed by atoms with Gasteiger partial charge in [0.25, 0.3) is 0 Å². The highest BCUT2D eigenvalue weighted by Crippen LogP contribution is 2.53. The van der Waals surface area contributed by atoms with Gasteiger partial charge in [0.2, 0.25) is 5.95 Å². The van der Waals surface area contributed by atoms with Crippen LogP contribution in [0.15, 0.2) is 41.7 Å². The number of thioether (sulfide) groups is 1. The van der Waals surface area contributed by atoms with E-state index in [0.29, 0.717) is 17.7 Å². The average Bonchev–Trinajstić information content (AvgIpc) is 3.00. The van der Waals surface area contributed by atoms with Crippen LogP contribution in [-0.2, 0) is 0 Å².